The van der Waals surface area contributed by atoms with Gasteiger partial charge in [0, 0.05) is 11.3 Å². The number of anilines is 1. The van der Waals surface area contributed by atoms with Gasteiger partial charge in [-0.3, -0.25) is 9.59 Å². The Balaban J connectivity index is 1.61. The molecule has 4 rings (SSSR count). The lowest BCUT2D eigenvalue weighted by Gasteiger charge is -2.17. The van der Waals surface area contributed by atoms with Crippen LogP contribution in [0.1, 0.15) is 47.2 Å². The number of benzene rings is 3. The molecular formula is C27H28N4O2. The van der Waals surface area contributed by atoms with Crippen molar-refractivity contribution in [2.24, 2.45) is 0 Å². The van der Waals surface area contributed by atoms with Gasteiger partial charge in [-0.25, -0.2) is 4.98 Å². The van der Waals surface area contributed by atoms with Gasteiger partial charge in [-0.2, -0.15) is 0 Å². The van der Waals surface area contributed by atoms with Crippen molar-refractivity contribution in [1.29, 1.82) is 0 Å². The van der Waals surface area contributed by atoms with Gasteiger partial charge in [0.05, 0.1) is 17.1 Å². The Morgan fingerprint density at radius 2 is 1.67 bits per heavy atom. The quantitative estimate of drug-likeness (QED) is 0.423. The smallest absolute Gasteiger partial charge is 0.252 e. The first kappa shape index (κ1) is 22.3. The van der Waals surface area contributed by atoms with Crippen LogP contribution in [-0.2, 0) is 17.8 Å². The third kappa shape index (κ3) is 4.80. The Hall–Kier alpha value is -3.93. The topological polar surface area (TPSA) is 76.0 Å². The molecule has 0 fully saturated rings. The van der Waals surface area contributed by atoms with E-state index in [0.717, 1.165) is 34.3 Å². The Morgan fingerprint density at radius 3 is 2.45 bits per heavy atom. The molecule has 0 aliphatic carbocycles. The molecule has 168 valence electrons. The maximum absolute atomic E-state index is 13.0. The number of hydrogen-bond acceptors (Lipinski definition) is 3. The number of aromatic nitrogens is 2. The Morgan fingerprint density at radius 1 is 0.970 bits per heavy atom. The lowest BCUT2D eigenvalue weighted by Crippen LogP contribution is -2.30. The van der Waals surface area contributed by atoms with Crippen molar-refractivity contribution >= 4 is 28.5 Å². The van der Waals surface area contributed by atoms with Crippen LogP contribution in [0.5, 0.6) is 0 Å². The summed E-state index contributed by atoms with van der Waals surface area (Å²) in [6.07, 6.45) is 0.831. The van der Waals surface area contributed by atoms with E-state index in [1.165, 1.54) is 0 Å². The van der Waals surface area contributed by atoms with E-state index >= 15 is 0 Å². The van der Waals surface area contributed by atoms with E-state index in [-0.39, 0.29) is 24.4 Å². The number of nitrogens with zero attached hydrogens (tertiary/aromatic N) is 2. The van der Waals surface area contributed by atoms with Gasteiger partial charge in [0.15, 0.2) is 0 Å². The minimum atomic E-state index is -0.389. The van der Waals surface area contributed by atoms with Crippen molar-refractivity contribution in [1.82, 2.24) is 14.9 Å². The van der Waals surface area contributed by atoms with Crippen LogP contribution < -0.4 is 10.6 Å². The van der Waals surface area contributed by atoms with E-state index in [2.05, 4.69) is 17.6 Å². The molecule has 33 heavy (non-hydrogen) atoms. The average Bonchev–Trinajstić information content (AvgIpc) is 3.18. The van der Waals surface area contributed by atoms with Crippen molar-refractivity contribution in [2.45, 2.75) is 39.8 Å². The molecule has 3 aromatic carbocycles. The molecule has 0 aliphatic rings. The second-order valence-electron chi connectivity index (χ2n) is 8.11. The third-order valence-electron chi connectivity index (χ3n) is 5.78. The molecular weight excluding hydrogens is 412 g/mol. The zero-order chi connectivity index (χ0) is 23.4. The molecule has 0 spiro atoms. The summed E-state index contributed by atoms with van der Waals surface area (Å²) < 4.78 is 1.88. The lowest BCUT2D eigenvalue weighted by atomic mass is 10.1. The Bertz CT molecular complexity index is 1310. The maximum Gasteiger partial charge on any atom is 0.252 e. The first-order valence-electron chi connectivity index (χ1n) is 11.2. The fraction of sp³-hybridized carbons (Fsp3) is 0.222. The van der Waals surface area contributed by atoms with E-state index < -0.39 is 0 Å². The van der Waals surface area contributed by atoms with Gasteiger partial charge in [0.2, 0.25) is 5.91 Å². The number of aryl methyl sites for hydroxylation is 2. The number of para-hydroxylation sites is 3. The van der Waals surface area contributed by atoms with Gasteiger partial charge in [-0.15, -0.1) is 0 Å². The van der Waals surface area contributed by atoms with Crippen molar-refractivity contribution in [3.8, 4) is 0 Å². The molecule has 2 amide bonds. The Kier molecular flexibility index (Phi) is 6.54. The minimum Gasteiger partial charge on any atom is -0.342 e. The summed E-state index contributed by atoms with van der Waals surface area (Å²) >= 11 is 0. The molecule has 0 saturated carbocycles. The number of hydrogen-bond donors (Lipinski definition) is 2. The van der Waals surface area contributed by atoms with Gasteiger partial charge >= 0.3 is 0 Å². The van der Waals surface area contributed by atoms with Crippen molar-refractivity contribution in [3.63, 3.8) is 0 Å². The fourth-order valence-corrected chi connectivity index (χ4v) is 4.04. The molecule has 0 bridgehead atoms. The van der Waals surface area contributed by atoms with Crippen LogP contribution in [0.2, 0.25) is 0 Å². The van der Waals surface area contributed by atoms with Crippen LogP contribution in [-0.4, -0.2) is 21.4 Å². The van der Waals surface area contributed by atoms with Crippen molar-refractivity contribution < 1.29 is 9.59 Å². The van der Waals surface area contributed by atoms with Gasteiger partial charge in [0.25, 0.3) is 5.91 Å². The van der Waals surface area contributed by atoms with Crippen molar-refractivity contribution in [3.05, 3.63) is 95.3 Å². The molecule has 0 radical (unpaired) electrons. The number of carbonyl (C=O) groups is 2. The highest BCUT2D eigenvalue weighted by Crippen LogP contribution is 2.22. The highest BCUT2D eigenvalue weighted by Gasteiger charge is 2.21. The summed E-state index contributed by atoms with van der Waals surface area (Å²) in [7, 11) is 0. The highest BCUT2D eigenvalue weighted by molar-refractivity contribution is 5.96. The number of rotatable bonds is 7. The molecule has 6 heteroatoms. The monoisotopic (exact) mass is 440 g/mol. The van der Waals surface area contributed by atoms with Gasteiger partial charge in [-0.05, 0) is 55.7 Å². The van der Waals surface area contributed by atoms with E-state index in [1.807, 2.05) is 85.1 Å². The summed E-state index contributed by atoms with van der Waals surface area (Å²) in [4.78, 5) is 30.6. The van der Waals surface area contributed by atoms with Crippen LogP contribution in [0.3, 0.4) is 0 Å². The number of nitrogens with one attached hydrogen (secondary N) is 2. The van der Waals surface area contributed by atoms with E-state index in [0.29, 0.717) is 11.4 Å². The summed E-state index contributed by atoms with van der Waals surface area (Å²) in [5.41, 5.74) is 5.07. The van der Waals surface area contributed by atoms with Crippen LogP contribution in [0, 0.1) is 6.92 Å². The average molecular weight is 441 g/mol. The molecule has 1 aromatic heterocycles. The standard InChI is InChI=1S/C27H28N4O2/c1-4-20-12-6-8-14-22(20)29-25(32)17-31-24-16-10-9-15-23(24)30-26(31)19(3)28-27(33)21-13-7-5-11-18(21)2/h5-16,19H,4,17H2,1-3H3,(H,28,33)(H,29,32). The number of fused-ring (bicyclic) bond motifs is 1. The summed E-state index contributed by atoms with van der Waals surface area (Å²) in [5.74, 6) is 0.329. The van der Waals surface area contributed by atoms with Gasteiger partial charge < -0.3 is 15.2 Å². The summed E-state index contributed by atoms with van der Waals surface area (Å²) in [6, 6.07) is 22.6. The SMILES string of the molecule is CCc1ccccc1NC(=O)Cn1c(C(C)NC(=O)c2ccccc2C)nc2ccccc21. The summed E-state index contributed by atoms with van der Waals surface area (Å²) in [5, 5.41) is 6.07. The number of carbonyl (C=O) groups excluding carboxylic acids is 2. The van der Waals surface area contributed by atoms with E-state index in [9.17, 15) is 9.59 Å². The first-order valence-corrected chi connectivity index (χ1v) is 11.2. The van der Waals surface area contributed by atoms with Crippen LogP contribution in [0.15, 0.2) is 72.8 Å². The molecule has 1 heterocycles. The molecule has 6 nitrogen and oxygen atoms in total. The van der Waals surface area contributed by atoms with Crippen LogP contribution in [0.4, 0.5) is 5.69 Å². The molecule has 4 aromatic rings. The van der Waals surface area contributed by atoms with Gasteiger partial charge in [-0.1, -0.05) is 55.5 Å². The molecule has 1 atom stereocenters. The maximum atomic E-state index is 13.0. The predicted octanol–water partition coefficient (Wildman–Crippen LogP) is 5.04. The van der Waals surface area contributed by atoms with Crippen LogP contribution >= 0.6 is 0 Å². The van der Waals surface area contributed by atoms with Crippen LogP contribution in [0.25, 0.3) is 11.0 Å². The lowest BCUT2D eigenvalue weighted by molar-refractivity contribution is -0.116. The second kappa shape index (κ2) is 9.69. The fourth-order valence-electron chi connectivity index (χ4n) is 4.04. The largest absolute Gasteiger partial charge is 0.342 e. The zero-order valence-corrected chi connectivity index (χ0v) is 19.1. The zero-order valence-electron chi connectivity index (χ0n) is 19.1. The number of amides is 2. The molecule has 0 saturated heterocycles. The second-order valence-corrected chi connectivity index (χ2v) is 8.11. The van der Waals surface area contributed by atoms with E-state index in [1.54, 1.807) is 6.07 Å². The summed E-state index contributed by atoms with van der Waals surface area (Å²) in [6.45, 7) is 5.95. The normalized spacial score (nSPS) is 11.8. The molecule has 0 aliphatic heterocycles. The highest BCUT2D eigenvalue weighted by atomic mass is 16.2. The third-order valence-corrected chi connectivity index (χ3v) is 5.78. The number of imidazole rings is 1. The van der Waals surface area contributed by atoms with E-state index in [4.69, 9.17) is 4.98 Å². The van der Waals surface area contributed by atoms with Crippen molar-refractivity contribution in [2.75, 3.05) is 5.32 Å². The van der Waals surface area contributed by atoms with Gasteiger partial charge in [0.1, 0.15) is 12.4 Å². The minimum absolute atomic E-state index is 0.0957. The Labute approximate surface area is 193 Å². The molecule has 1 unspecified atom stereocenters. The predicted molar refractivity (Wildman–Crippen MR) is 131 cm³/mol. The molecule has 2 N–H and O–H groups in total. The first-order chi connectivity index (χ1) is 16.0.